The third-order valence-electron chi connectivity index (χ3n) is 5.46. The Hall–Kier alpha value is -3.22. The molecule has 1 fully saturated rings. The first-order chi connectivity index (χ1) is 14.6. The first-order valence-electron chi connectivity index (χ1n) is 10.5. The van der Waals surface area contributed by atoms with E-state index in [1.54, 1.807) is 6.20 Å². The van der Waals surface area contributed by atoms with Crippen molar-refractivity contribution < 1.29 is 9.32 Å². The third kappa shape index (κ3) is 4.67. The molecule has 1 aliphatic rings. The molecule has 1 amide bonds. The number of aromatic nitrogens is 3. The van der Waals surface area contributed by atoms with E-state index >= 15 is 0 Å². The van der Waals surface area contributed by atoms with E-state index in [1.165, 1.54) is 5.56 Å². The second-order valence-electron chi connectivity index (χ2n) is 7.84. The molecule has 3 heterocycles. The molecule has 3 aromatic rings. The zero-order valence-electron chi connectivity index (χ0n) is 17.5. The summed E-state index contributed by atoms with van der Waals surface area (Å²) in [6.07, 6.45) is 2.62. The average molecular weight is 406 g/mol. The quantitative estimate of drug-likeness (QED) is 0.624. The Morgan fingerprint density at radius 3 is 2.50 bits per heavy atom. The summed E-state index contributed by atoms with van der Waals surface area (Å²) in [6, 6.07) is 14.1. The molecule has 4 rings (SSSR count). The van der Waals surface area contributed by atoms with Crippen LogP contribution in [0.3, 0.4) is 0 Å². The van der Waals surface area contributed by atoms with Crippen LogP contribution in [-0.4, -0.2) is 52.1 Å². The normalized spacial score (nSPS) is 14.4. The van der Waals surface area contributed by atoms with Gasteiger partial charge in [0.05, 0.1) is 0 Å². The van der Waals surface area contributed by atoms with Gasteiger partial charge in [0.1, 0.15) is 5.82 Å². The van der Waals surface area contributed by atoms with E-state index in [2.05, 4.69) is 46.0 Å². The maximum absolute atomic E-state index is 12.6. The lowest BCUT2D eigenvalue weighted by molar-refractivity contribution is -0.131. The monoisotopic (exact) mass is 405 g/mol. The van der Waals surface area contributed by atoms with Crippen molar-refractivity contribution in [2.45, 2.75) is 32.6 Å². The Morgan fingerprint density at radius 2 is 1.83 bits per heavy atom. The highest BCUT2D eigenvalue weighted by molar-refractivity contribution is 5.76. The summed E-state index contributed by atoms with van der Waals surface area (Å²) in [4.78, 5) is 25.5. The van der Waals surface area contributed by atoms with Gasteiger partial charge in [-0.15, -0.1) is 0 Å². The molecule has 0 spiro atoms. The first kappa shape index (κ1) is 20.1. The number of carbonyl (C=O) groups is 1. The minimum absolute atomic E-state index is 0.122. The molecule has 0 bridgehead atoms. The molecule has 2 aromatic heterocycles. The summed E-state index contributed by atoms with van der Waals surface area (Å²) in [5.74, 6) is 2.63. The summed E-state index contributed by atoms with van der Waals surface area (Å²) in [7, 11) is 0. The lowest BCUT2D eigenvalue weighted by atomic mass is 10.0. The molecule has 0 atom stereocenters. The van der Waals surface area contributed by atoms with Gasteiger partial charge in [-0.05, 0) is 23.6 Å². The summed E-state index contributed by atoms with van der Waals surface area (Å²) >= 11 is 0. The Kier molecular flexibility index (Phi) is 6.07. The Morgan fingerprint density at radius 1 is 1.07 bits per heavy atom. The van der Waals surface area contributed by atoms with Gasteiger partial charge in [0, 0.05) is 50.8 Å². The topological polar surface area (TPSA) is 75.4 Å². The SMILES string of the molecule is CC(C)c1ccc(-c2noc(CCC(=O)N3CCN(c4ccccn4)CC3)n2)cc1. The molecule has 1 aromatic carbocycles. The average Bonchev–Trinajstić information content (AvgIpc) is 3.27. The number of hydrogen-bond acceptors (Lipinski definition) is 6. The fraction of sp³-hybridized carbons (Fsp3) is 0.391. The van der Waals surface area contributed by atoms with E-state index in [4.69, 9.17) is 4.52 Å². The van der Waals surface area contributed by atoms with Crippen LogP contribution in [0.15, 0.2) is 53.2 Å². The zero-order chi connectivity index (χ0) is 20.9. The van der Waals surface area contributed by atoms with E-state index in [1.807, 2.05) is 35.2 Å². The molecule has 156 valence electrons. The van der Waals surface area contributed by atoms with Gasteiger partial charge in [0.25, 0.3) is 0 Å². The van der Waals surface area contributed by atoms with Crippen LogP contribution in [0.25, 0.3) is 11.4 Å². The molecule has 7 nitrogen and oxygen atoms in total. The molecule has 7 heteroatoms. The van der Waals surface area contributed by atoms with Gasteiger partial charge in [-0.1, -0.05) is 49.3 Å². The minimum Gasteiger partial charge on any atom is -0.353 e. The minimum atomic E-state index is 0.122. The van der Waals surface area contributed by atoms with Gasteiger partial charge in [-0.25, -0.2) is 4.98 Å². The van der Waals surface area contributed by atoms with Gasteiger partial charge in [0.2, 0.25) is 17.6 Å². The summed E-state index contributed by atoms with van der Waals surface area (Å²) in [5, 5.41) is 4.07. The summed E-state index contributed by atoms with van der Waals surface area (Å²) < 4.78 is 5.36. The number of nitrogens with zero attached hydrogens (tertiary/aromatic N) is 5. The molecule has 0 saturated carbocycles. The maximum atomic E-state index is 12.6. The standard InChI is InChI=1S/C23H27N5O2/c1-17(2)18-6-8-19(9-7-18)23-25-21(30-26-23)10-11-22(29)28-15-13-27(14-16-28)20-5-3-4-12-24-20/h3-9,12,17H,10-11,13-16H2,1-2H3. The Labute approximate surface area is 176 Å². The van der Waals surface area contributed by atoms with Crippen molar-refractivity contribution >= 4 is 11.7 Å². The van der Waals surface area contributed by atoms with Crippen LogP contribution >= 0.6 is 0 Å². The molecule has 0 N–H and O–H groups in total. The van der Waals surface area contributed by atoms with Gasteiger partial charge in [-0.2, -0.15) is 4.98 Å². The highest BCUT2D eigenvalue weighted by atomic mass is 16.5. The van der Waals surface area contributed by atoms with Crippen molar-refractivity contribution in [3.05, 3.63) is 60.1 Å². The number of aryl methyl sites for hydroxylation is 1. The van der Waals surface area contributed by atoms with E-state index in [-0.39, 0.29) is 5.91 Å². The number of rotatable bonds is 6. The lowest BCUT2D eigenvalue weighted by Crippen LogP contribution is -2.49. The van der Waals surface area contributed by atoms with Crippen LogP contribution in [0.2, 0.25) is 0 Å². The van der Waals surface area contributed by atoms with Gasteiger partial charge in [-0.3, -0.25) is 4.79 Å². The number of hydrogen-bond donors (Lipinski definition) is 0. The number of benzene rings is 1. The fourth-order valence-electron chi connectivity index (χ4n) is 3.59. The molecular formula is C23H27N5O2. The van der Waals surface area contributed by atoms with E-state index in [9.17, 15) is 4.79 Å². The number of amides is 1. The van der Waals surface area contributed by atoms with Crippen LogP contribution in [-0.2, 0) is 11.2 Å². The molecule has 1 aliphatic heterocycles. The first-order valence-corrected chi connectivity index (χ1v) is 10.5. The fourth-order valence-corrected chi connectivity index (χ4v) is 3.59. The van der Waals surface area contributed by atoms with Crippen molar-refractivity contribution in [2.24, 2.45) is 0 Å². The van der Waals surface area contributed by atoms with Crippen LogP contribution < -0.4 is 4.90 Å². The highest BCUT2D eigenvalue weighted by Gasteiger charge is 2.22. The molecule has 30 heavy (non-hydrogen) atoms. The van der Waals surface area contributed by atoms with Gasteiger partial charge in [0.15, 0.2) is 0 Å². The molecule has 0 radical (unpaired) electrons. The number of carbonyl (C=O) groups excluding carboxylic acids is 1. The molecule has 0 aliphatic carbocycles. The van der Waals surface area contributed by atoms with Crippen molar-refractivity contribution in [3.8, 4) is 11.4 Å². The number of piperazine rings is 1. The second kappa shape index (κ2) is 9.07. The predicted molar refractivity (Wildman–Crippen MR) is 115 cm³/mol. The van der Waals surface area contributed by atoms with Crippen molar-refractivity contribution in [3.63, 3.8) is 0 Å². The molecule has 0 unspecified atom stereocenters. The van der Waals surface area contributed by atoms with E-state index in [0.29, 0.717) is 43.6 Å². The van der Waals surface area contributed by atoms with Crippen LogP contribution in [0, 0.1) is 0 Å². The predicted octanol–water partition coefficient (Wildman–Crippen LogP) is 3.54. The smallest absolute Gasteiger partial charge is 0.227 e. The van der Waals surface area contributed by atoms with Gasteiger partial charge >= 0.3 is 0 Å². The summed E-state index contributed by atoms with van der Waals surface area (Å²) in [6.45, 7) is 7.31. The largest absolute Gasteiger partial charge is 0.353 e. The van der Waals surface area contributed by atoms with Crippen molar-refractivity contribution in [1.29, 1.82) is 0 Å². The van der Waals surface area contributed by atoms with E-state index in [0.717, 1.165) is 24.5 Å². The van der Waals surface area contributed by atoms with Crippen molar-refractivity contribution in [2.75, 3.05) is 31.1 Å². The lowest BCUT2D eigenvalue weighted by Gasteiger charge is -2.35. The summed E-state index contributed by atoms with van der Waals surface area (Å²) in [5.41, 5.74) is 2.20. The van der Waals surface area contributed by atoms with Crippen LogP contribution in [0.1, 0.15) is 37.6 Å². The maximum Gasteiger partial charge on any atom is 0.227 e. The highest BCUT2D eigenvalue weighted by Crippen LogP contribution is 2.21. The van der Waals surface area contributed by atoms with E-state index < -0.39 is 0 Å². The Bertz CT molecular complexity index is 961. The van der Waals surface area contributed by atoms with Crippen LogP contribution in [0.5, 0.6) is 0 Å². The zero-order valence-corrected chi connectivity index (χ0v) is 17.5. The second-order valence-corrected chi connectivity index (χ2v) is 7.84. The number of pyridine rings is 1. The molecular weight excluding hydrogens is 378 g/mol. The molecule has 1 saturated heterocycles. The third-order valence-corrected chi connectivity index (χ3v) is 5.46. The Balaban J connectivity index is 1.28. The van der Waals surface area contributed by atoms with Crippen molar-refractivity contribution in [1.82, 2.24) is 20.0 Å². The van der Waals surface area contributed by atoms with Gasteiger partial charge < -0.3 is 14.3 Å². The van der Waals surface area contributed by atoms with Crippen LogP contribution in [0.4, 0.5) is 5.82 Å². The number of anilines is 1.